The van der Waals surface area contributed by atoms with Gasteiger partial charge in [-0.1, -0.05) is 33.8 Å². The van der Waals surface area contributed by atoms with Crippen molar-refractivity contribution in [2.45, 2.75) is 51.4 Å². The fourth-order valence-corrected chi connectivity index (χ4v) is 4.12. The Bertz CT molecular complexity index is 1080. The minimum atomic E-state index is -0.489. The third-order valence-corrected chi connectivity index (χ3v) is 6.05. The largest absolute Gasteiger partial charge is 0.460 e. The number of fused-ring (bicyclic) bond motifs is 2. The topological polar surface area (TPSA) is 72.6 Å². The maximum atomic E-state index is 12.0. The molecule has 1 N–H and O–H groups in total. The average Bonchev–Trinajstić information content (AvgIpc) is 3.13. The molecule has 0 unspecified atom stereocenters. The highest BCUT2D eigenvalue weighted by molar-refractivity contribution is 5.93. The maximum absolute atomic E-state index is 12.0. The van der Waals surface area contributed by atoms with Crippen molar-refractivity contribution in [2.24, 2.45) is 0 Å². The number of nitrogens with zero attached hydrogens (tertiary/aromatic N) is 1. The summed E-state index contributed by atoms with van der Waals surface area (Å²) in [5.74, 6) is 0.0551. The number of esters is 1. The highest BCUT2D eigenvalue weighted by atomic mass is 16.5. The number of benzene rings is 2. The third-order valence-electron chi connectivity index (χ3n) is 6.05. The van der Waals surface area contributed by atoms with Crippen molar-refractivity contribution in [3.05, 3.63) is 53.1 Å². The smallest absolute Gasteiger partial charge is 0.338 e. The molecule has 0 saturated carbocycles. The Balaban J connectivity index is 1.73. The lowest BCUT2D eigenvalue weighted by Gasteiger charge is -2.42. The summed E-state index contributed by atoms with van der Waals surface area (Å²) < 4.78 is 11.0. The fraction of sp³-hybridized carbons (Fsp3) is 0.417. The number of aliphatic hydroxyl groups excluding tert-OH is 1. The first-order valence-electron chi connectivity index (χ1n) is 10.1. The number of oxazole rings is 1. The predicted octanol–water partition coefficient (Wildman–Crippen LogP) is 4.99. The number of hydrogen-bond acceptors (Lipinski definition) is 5. The van der Waals surface area contributed by atoms with Crippen LogP contribution in [0.3, 0.4) is 0 Å². The van der Waals surface area contributed by atoms with Crippen LogP contribution in [0.15, 0.2) is 40.8 Å². The Morgan fingerprint density at radius 1 is 1.07 bits per heavy atom. The van der Waals surface area contributed by atoms with E-state index in [-0.39, 0.29) is 24.0 Å². The molecule has 1 heterocycles. The lowest BCUT2D eigenvalue weighted by molar-refractivity contribution is 0.0434. The summed E-state index contributed by atoms with van der Waals surface area (Å²) >= 11 is 0. The summed E-state index contributed by atoms with van der Waals surface area (Å²) in [7, 11) is 0. The second-order valence-electron chi connectivity index (χ2n) is 9.09. The van der Waals surface area contributed by atoms with Crippen LogP contribution >= 0.6 is 0 Å². The van der Waals surface area contributed by atoms with Gasteiger partial charge in [0.05, 0.1) is 12.2 Å². The summed E-state index contributed by atoms with van der Waals surface area (Å²) in [4.78, 5) is 16.6. The van der Waals surface area contributed by atoms with Crippen LogP contribution in [0.4, 0.5) is 0 Å². The van der Waals surface area contributed by atoms with Crippen molar-refractivity contribution < 1.29 is 19.1 Å². The summed E-state index contributed by atoms with van der Waals surface area (Å²) in [5.41, 5.74) is 5.55. The molecule has 1 aliphatic rings. The zero-order valence-electron chi connectivity index (χ0n) is 17.4. The van der Waals surface area contributed by atoms with Crippen LogP contribution in [0, 0.1) is 0 Å². The molecule has 0 saturated heterocycles. The lowest BCUT2D eigenvalue weighted by atomic mass is 9.63. The van der Waals surface area contributed by atoms with Gasteiger partial charge < -0.3 is 14.3 Å². The van der Waals surface area contributed by atoms with Gasteiger partial charge in [-0.25, -0.2) is 9.78 Å². The number of rotatable bonds is 4. The zero-order chi connectivity index (χ0) is 20.8. The Kier molecular flexibility index (Phi) is 4.74. The van der Waals surface area contributed by atoms with Crippen LogP contribution in [-0.2, 0) is 15.6 Å². The number of hydrogen-bond donors (Lipinski definition) is 1. The van der Waals surface area contributed by atoms with E-state index in [1.807, 2.05) is 0 Å². The van der Waals surface area contributed by atoms with Crippen LogP contribution in [0.2, 0.25) is 0 Å². The standard InChI is InChI=1S/C24H27NO4/c1-23(2)9-10-24(3,4)18-13-15(5-7-17(18)23)21-25-19-8-6-16(14-20(19)29-21)22(27)28-12-11-26/h5-8,13-14,26H,9-12H2,1-4H3. The maximum Gasteiger partial charge on any atom is 0.338 e. The minimum Gasteiger partial charge on any atom is -0.460 e. The molecular weight excluding hydrogens is 366 g/mol. The molecule has 0 aliphatic heterocycles. The van der Waals surface area contributed by atoms with Crippen LogP contribution in [0.25, 0.3) is 22.6 Å². The van der Waals surface area contributed by atoms with Gasteiger partial charge in [0, 0.05) is 5.56 Å². The summed E-state index contributed by atoms with van der Waals surface area (Å²) in [5, 5.41) is 8.81. The van der Waals surface area contributed by atoms with E-state index in [2.05, 4.69) is 50.9 Å². The van der Waals surface area contributed by atoms with Gasteiger partial charge in [0.1, 0.15) is 12.1 Å². The highest BCUT2D eigenvalue weighted by Crippen LogP contribution is 2.46. The number of aliphatic hydroxyl groups is 1. The van der Waals surface area contributed by atoms with Gasteiger partial charge in [-0.3, -0.25) is 0 Å². The van der Waals surface area contributed by atoms with Crippen LogP contribution in [0.1, 0.15) is 62.0 Å². The van der Waals surface area contributed by atoms with E-state index in [0.717, 1.165) is 12.0 Å². The molecule has 29 heavy (non-hydrogen) atoms. The molecule has 0 atom stereocenters. The van der Waals surface area contributed by atoms with Crippen molar-refractivity contribution in [3.63, 3.8) is 0 Å². The van der Waals surface area contributed by atoms with Crippen molar-refractivity contribution in [2.75, 3.05) is 13.2 Å². The van der Waals surface area contributed by atoms with E-state index >= 15 is 0 Å². The van der Waals surface area contributed by atoms with Gasteiger partial charge in [0.2, 0.25) is 5.89 Å². The molecule has 4 rings (SSSR count). The van der Waals surface area contributed by atoms with Gasteiger partial charge in [0.25, 0.3) is 0 Å². The van der Waals surface area contributed by atoms with Crippen LogP contribution in [0.5, 0.6) is 0 Å². The predicted molar refractivity (Wildman–Crippen MR) is 112 cm³/mol. The van der Waals surface area contributed by atoms with Crippen molar-refractivity contribution in [3.8, 4) is 11.5 Å². The third kappa shape index (κ3) is 3.55. The second kappa shape index (κ2) is 6.99. The van der Waals surface area contributed by atoms with E-state index in [1.54, 1.807) is 18.2 Å². The van der Waals surface area contributed by atoms with Crippen molar-refractivity contribution >= 4 is 17.1 Å². The molecule has 3 aromatic rings. The molecular formula is C24H27NO4. The Morgan fingerprint density at radius 3 is 2.52 bits per heavy atom. The van der Waals surface area contributed by atoms with Gasteiger partial charge >= 0.3 is 5.97 Å². The number of carbonyl (C=O) groups excluding carboxylic acids is 1. The summed E-state index contributed by atoms with van der Waals surface area (Å²) in [6, 6.07) is 11.5. The lowest BCUT2D eigenvalue weighted by Crippen LogP contribution is -2.33. The SMILES string of the molecule is CC1(C)CCC(C)(C)c2cc(-c3nc4ccc(C(=O)OCCO)cc4o3)ccc21. The number of carbonyl (C=O) groups is 1. The van der Waals surface area contributed by atoms with Crippen LogP contribution < -0.4 is 0 Å². The first kappa shape index (κ1) is 19.6. The Hall–Kier alpha value is -2.66. The first-order valence-corrected chi connectivity index (χ1v) is 10.1. The Labute approximate surface area is 170 Å². The summed E-state index contributed by atoms with van der Waals surface area (Å²) in [6.07, 6.45) is 2.31. The normalized spacial score (nSPS) is 17.1. The molecule has 0 fully saturated rings. The monoisotopic (exact) mass is 393 g/mol. The molecule has 0 amide bonds. The van der Waals surface area contributed by atoms with Gasteiger partial charge in [-0.2, -0.15) is 0 Å². The molecule has 2 aromatic carbocycles. The minimum absolute atomic E-state index is 0.0280. The van der Waals surface area contributed by atoms with Gasteiger partial charge in [-0.05, 0) is 65.1 Å². The number of ether oxygens (including phenoxy) is 1. The average molecular weight is 393 g/mol. The van der Waals surface area contributed by atoms with Crippen molar-refractivity contribution in [1.29, 1.82) is 0 Å². The Morgan fingerprint density at radius 2 is 1.79 bits per heavy atom. The van der Waals surface area contributed by atoms with E-state index in [4.69, 9.17) is 14.3 Å². The van der Waals surface area contributed by atoms with E-state index in [0.29, 0.717) is 22.6 Å². The molecule has 152 valence electrons. The van der Waals surface area contributed by atoms with E-state index < -0.39 is 5.97 Å². The van der Waals surface area contributed by atoms with E-state index in [9.17, 15) is 4.79 Å². The summed E-state index contributed by atoms with van der Waals surface area (Å²) in [6.45, 7) is 8.96. The second-order valence-corrected chi connectivity index (χ2v) is 9.09. The molecule has 0 radical (unpaired) electrons. The quantitative estimate of drug-likeness (QED) is 0.632. The number of aromatic nitrogens is 1. The molecule has 5 nitrogen and oxygen atoms in total. The molecule has 0 spiro atoms. The molecule has 1 aromatic heterocycles. The van der Waals surface area contributed by atoms with Gasteiger partial charge in [-0.15, -0.1) is 0 Å². The molecule has 0 bridgehead atoms. The molecule has 1 aliphatic carbocycles. The van der Waals surface area contributed by atoms with E-state index in [1.165, 1.54) is 17.5 Å². The first-order chi connectivity index (χ1) is 13.7. The molecule has 5 heteroatoms. The van der Waals surface area contributed by atoms with Crippen LogP contribution in [-0.4, -0.2) is 29.3 Å². The highest BCUT2D eigenvalue weighted by Gasteiger charge is 2.37. The van der Waals surface area contributed by atoms with Gasteiger partial charge in [0.15, 0.2) is 5.58 Å². The fourth-order valence-electron chi connectivity index (χ4n) is 4.12. The zero-order valence-corrected chi connectivity index (χ0v) is 17.4. The van der Waals surface area contributed by atoms with Crippen molar-refractivity contribution in [1.82, 2.24) is 4.98 Å².